The summed E-state index contributed by atoms with van der Waals surface area (Å²) in [6, 6.07) is 4.13. The highest BCUT2D eigenvalue weighted by Crippen LogP contribution is 2.27. The second kappa shape index (κ2) is 5.83. The highest BCUT2D eigenvalue weighted by molar-refractivity contribution is 9.10. The van der Waals surface area contributed by atoms with E-state index in [1.807, 2.05) is 17.9 Å². The lowest BCUT2D eigenvalue weighted by Gasteiger charge is -2.34. The van der Waals surface area contributed by atoms with Gasteiger partial charge in [-0.25, -0.2) is 9.97 Å². The van der Waals surface area contributed by atoms with Gasteiger partial charge in [-0.05, 0) is 47.5 Å². The Morgan fingerprint density at radius 2 is 1.82 bits per heavy atom. The van der Waals surface area contributed by atoms with E-state index in [0.717, 1.165) is 53.2 Å². The second-order valence-electron chi connectivity index (χ2n) is 5.67. The molecule has 0 radical (unpaired) electrons. The van der Waals surface area contributed by atoms with Gasteiger partial charge in [0.1, 0.15) is 5.82 Å². The van der Waals surface area contributed by atoms with Crippen molar-refractivity contribution in [3.8, 4) is 0 Å². The van der Waals surface area contributed by atoms with Crippen molar-refractivity contribution >= 4 is 38.7 Å². The van der Waals surface area contributed by atoms with E-state index in [9.17, 15) is 4.79 Å². The summed E-state index contributed by atoms with van der Waals surface area (Å²) in [6.45, 7) is 8.81. The maximum atomic E-state index is 11.4. The molecular formula is C16H19BrN4O. The van der Waals surface area contributed by atoms with Crippen molar-refractivity contribution in [1.29, 1.82) is 0 Å². The van der Waals surface area contributed by atoms with E-state index >= 15 is 0 Å². The van der Waals surface area contributed by atoms with Crippen molar-refractivity contribution in [3.05, 3.63) is 27.9 Å². The first-order chi connectivity index (χ1) is 10.5. The number of carbonyl (C=O) groups is 1. The van der Waals surface area contributed by atoms with E-state index < -0.39 is 0 Å². The highest BCUT2D eigenvalue weighted by atomic mass is 79.9. The van der Waals surface area contributed by atoms with Crippen LogP contribution < -0.4 is 4.90 Å². The lowest BCUT2D eigenvalue weighted by molar-refractivity contribution is -0.129. The van der Waals surface area contributed by atoms with Crippen LogP contribution >= 0.6 is 15.9 Å². The summed E-state index contributed by atoms with van der Waals surface area (Å²) >= 11 is 3.58. The number of hydrogen-bond donors (Lipinski definition) is 0. The maximum absolute atomic E-state index is 11.4. The third kappa shape index (κ3) is 2.67. The third-order valence-electron chi connectivity index (χ3n) is 4.23. The van der Waals surface area contributed by atoms with Crippen LogP contribution in [0.2, 0.25) is 0 Å². The number of nitrogens with zero attached hydrogens (tertiary/aromatic N) is 4. The van der Waals surface area contributed by atoms with Gasteiger partial charge < -0.3 is 9.80 Å². The molecule has 0 spiro atoms. The molecule has 2 aromatic rings. The summed E-state index contributed by atoms with van der Waals surface area (Å²) < 4.78 is 1.05. The van der Waals surface area contributed by atoms with Crippen LogP contribution in [0.15, 0.2) is 16.6 Å². The fourth-order valence-corrected chi connectivity index (χ4v) is 3.14. The smallest absolute Gasteiger partial charge is 0.219 e. The van der Waals surface area contributed by atoms with Crippen molar-refractivity contribution in [2.24, 2.45) is 0 Å². The van der Waals surface area contributed by atoms with Gasteiger partial charge in [-0.15, -0.1) is 0 Å². The van der Waals surface area contributed by atoms with Gasteiger partial charge in [-0.3, -0.25) is 4.79 Å². The average molecular weight is 363 g/mol. The summed E-state index contributed by atoms with van der Waals surface area (Å²) in [5.41, 5.74) is 2.91. The zero-order valence-corrected chi connectivity index (χ0v) is 14.6. The Morgan fingerprint density at radius 3 is 2.45 bits per heavy atom. The number of halogens is 1. The van der Waals surface area contributed by atoms with E-state index in [4.69, 9.17) is 4.98 Å². The van der Waals surface area contributed by atoms with E-state index in [-0.39, 0.29) is 5.91 Å². The van der Waals surface area contributed by atoms with E-state index in [1.54, 1.807) is 6.92 Å². The van der Waals surface area contributed by atoms with Crippen LogP contribution in [0, 0.1) is 13.8 Å². The fourth-order valence-electron chi connectivity index (χ4n) is 2.84. The Bertz CT molecular complexity index is 738. The van der Waals surface area contributed by atoms with Gasteiger partial charge in [-0.1, -0.05) is 0 Å². The summed E-state index contributed by atoms with van der Waals surface area (Å²) in [5.74, 6) is 1.08. The predicted octanol–water partition coefficient (Wildman–Crippen LogP) is 2.68. The van der Waals surface area contributed by atoms with Crippen LogP contribution in [-0.2, 0) is 4.79 Å². The number of piperazine rings is 1. The number of hydrogen-bond acceptors (Lipinski definition) is 4. The Morgan fingerprint density at radius 1 is 1.14 bits per heavy atom. The van der Waals surface area contributed by atoms with Gasteiger partial charge in [0.05, 0.1) is 5.69 Å². The summed E-state index contributed by atoms with van der Waals surface area (Å²) in [7, 11) is 0. The van der Waals surface area contributed by atoms with Gasteiger partial charge in [0.2, 0.25) is 5.91 Å². The minimum absolute atomic E-state index is 0.142. The molecule has 2 aromatic heterocycles. The van der Waals surface area contributed by atoms with Crippen LogP contribution in [0.25, 0.3) is 11.0 Å². The molecule has 5 nitrogen and oxygen atoms in total. The summed E-state index contributed by atoms with van der Waals surface area (Å²) in [5, 5.41) is 1.07. The van der Waals surface area contributed by atoms with Gasteiger partial charge in [0.15, 0.2) is 5.65 Å². The van der Waals surface area contributed by atoms with Crippen molar-refractivity contribution in [3.63, 3.8) is 0 Å². The number of amides is 1. The van der Waals surface area contributed by atoms with Crippen molar-refractivity contribution in [1.82, 2.24) is 14.9 Å². The molecular weight excluding hydrogens is 344 g/mol. The van der Waals surface area contributed by atoms with Crippen LogP contribution in [-0.4, -0.2) is 47.0 Å². The molecule has 1 saturated heterocycles. The topological polar surface area (TPSA) is 49.3 Å². The molecule has 1 fully saturated rings. The molecule has 1 aliphatic heterocycles. The molecule has 22 heavy (non-hydrogen) atoms. The third-order valence-corrected chi connectivity index (χ3v) is 5.40. The zero-order valence-electron chi connectivity index (χ0n) is 13.1. The first-order valence-corrected chi connectivity index (χ1v) is 8.20. The number of anilines is 1. The van der Waals surface area contributed by atoms with E-state index in [0.29, 0.717) is 0 Å². The quantitative estimate of drug-likeness (QED) is 0.782. The number of carbonyl (C=O) groups excluding carboxylic acids is 1. The lowest BCUT2D eigenvalue weighted by atomic mass is 10.1. The Balaban J connectivity index is 1.90. The van der Waals surface area contributed by atoms with E-state index in [1.165, 1.54) is 5.56 Å². The van der Waals surface area contributed by atoms with Crippen molar-refractivity contribution in [2.75, 3.05) is 31.1 Å². The molecule has 0 aliphatic carbocycles. The molecule has 0 N–H and O–H groups in total. The molecule has 1 aliphatic rings. The number of fused-ring (bicyclic) bond motifs is 1. The molecule has 116 valence electrons. The van der Waals surface area contributed by atoms with Crippen LogP contribution in [0.3, 0.4) is 0 Å². The minimum Gasteiger partial charge on any atom is -0.353 e. The van der Waals surface area contributed by atoms with Gasteiger partial charge in [-0.2, -0.15) is 0 Å². The monoisotopic (exact) mass is 362 g/mol. The highest BCUT2D eigenvalue weighted by Gasteiger charge is 2.20. The molecule has 6 heteroatoms. The Labute approximate surface area is 138 Å². The molecule has 3 heterocycles. The minimum atomic E-state index is 0.142. The van der Waals surface area contributed by atoms with Crippen molar-refractivity contribution < 1.29 is 4.79 Å². The van der Waals surface area contributed by atoms with E-state index in [2.05, 4.69) is 38.8 Å². The molecule has 0 bridgehead atoms. The number of pyridine rings is 2. The number of aryl methyl sites for hydroxylation is 2. The second-order valence-corrected chi connectivity index (χ2v) is 6.46. The zero-order chi connectivity index (χ0) is 15.9. The molecule has 0 saturated carbocycles. The Kier molecular flexibility index (Phi) is 4.04. The van der Waals surface area contributed by atoms with Crippen molar-refractivity contribution in [2.45, 2.75) is 20.8 Å². The summed E-state index contributed by atoms with van der Waals surface area (Å²) in [4.78, 5) is 24.8. The molecule has 0 unspecified atom stereocenters. The largest absolute Gasteiger partial charge is 0.353 e. The standard InChI is InChI=1S/C16H19BrN4O/c1-10-13-4-5-14(19-16(13)18-11(2)15(10)17)21-8-6-20(7-9-21)12(3)22/h4-5H,6-9H2,1-3H3. The molecule has 0 atom stereocenters. The van der Waals surface area contributed by atoms with Gasteiger partial charge in [0.25, 0.3) is 0 Å². The van der Waals surface area contributed by atoms with Crippen LogP contribution in [0.1, 0.15) is 18.2 Å². The molecule has 3 rings (SSSR count). The fraction of sp³-hybridized carbons (Fsp3) is 0.438. The summed E-state index contributed by atoms with van der Waals surface area (Å²) in [6.07, 6.45) is 0. The normalized spacial score (nSPS) is 15.5. The lowest BCUT2D eigenvalue weighted by Crippen LogP contribution is -2.48. The van der Waals surface area contributed by atoms with Crippen LogP contribution in [0.5, 0.6) is 0 Å². The number of rotatable bonds is 1. The number of aromatic nitrogens is 2. The maximum Gasteiger partial charge on any atom is 0.219 e. The Hall–Kier alpha value is -1.69. The van der Waals surface area contributed by atoms with Gasteiger partial charge >= 0.3 is 0 Å². The molecule has 1 amide bonds. The first kappa shape index (κ1) is 15.2. The first-order valence-electron chi connectivity index (χ1n) is 7.41. The molecule has 0 aromatic carbocycles. The average Bonchev–Trinajstić information content (AvgIpc) is 2.52. The SMILES string of the molecule is CC(=O)N1CCN(c2ccc3c(C)c(Br)c(C)nc3n2)CC1. The van der Waals surface area contributed by atoms with Gasteiger partial charge in [0, 0.05) is 43.0 Å². The predicted molar refractivity (Wildman–Crippen MR) is 91.2 cm³/mol. The van der Waals surface area contributed by atoms with Crippen LogP contribution in [0.4, 0.5) is 5.82 Å².